The highest BCUT2D eigenvalue weighted by molar-refractivity contribution is 7.16. The van der Waals surface area contributed by atoms with Crippen LogP contribution in [-0.2, 0) is 11.3 Å². The smallest absolute Gasteiger partial charge is 0.280 e. The molecule has 33 heavy (non-hydrogen) atoms. The molecule has 0 unspecified atom stereocenters. The monoisotopic (exact) mass is 513 g/mol. The second-order valence-corrected chi connectivity index (χ2v) is 10.0. The molecule has 2 aromatic carbocycles. The predicted octanol–water partition coefficient (Wildman–Crippen LogP) is 6.67. The summed E-state index contributed by atoms with van der Waals surface area (Å²) >= 11 is 15.7. The summed E-state index contributed by atoms with van der Waals surface area (Å²) in [5.74, 6) is -0.341. The van der Waals surface area contributed by atoms with Crippen molar-refractivity contribution in [3.8, 4) is 10.6 Å². The van der Waals surface area contributed by atoms with Crippen molar-refractivity contribution >= 4 is 72.9 Å². The number of para-hydroxylation sites is 1. The number of rotatable bonds is 5. The van der Waals surface area contributed by atoms with Gasteiger partial charge in [-0.1, -0.05) is 58.8 Å². The molecule has 0 aliphatic carbocycles. The number of fused-ring (bicyclic) bond motifs is 2. The van der Waals surface area contributed by atoms with Crippen LogP contribution in [0.5, 0.6) is 0 Å². The standard InChI is InChI=1S/C24H17Cl2N3O2S2/c1-31-9-8-29-22-17(26)11-14(25)12-21(22)33-24(29)28-23(30)16-13-19(20-7-4-10-32-20)27-18-6-3-2-5-15(16)18/h2-7,10-13H,8-9H2,1H3. The van der Waals surface area contributed by atoms with Crippen LogP contribution in [0.4, 0.5) is 0 Å². The molecule has 1 amide bonds. The van der Waals surface area contributed by atoms with E-state index in [-0.39, 0.29) is 5.91 Å². The minimum Gasteiger partial charge on any atom is -0.383 e. The molecule has 0 aliphatic rings. The first-order chi connectivity index (χ1) is 16.0. The highest BCUT2D eigenvalue weighted by Gasteiger charge is 2.16. The fourth-order valence-electron chi connectivity index (χ4n) is 3.65. The largest absolute Gasteiger partial charge is 0.383 e. The van der Waals surface area contributed by atoms with Crippen molar-refractivity contribution in [2.24, 2.45) is 4.99 Å². The van der Waals surface area contributed by atoms with Crippen molar-refractivity contribution < 1.29 is 9.53 Å². The second-order valence-electron chi connectivity index (χ2n) is 7.23. The van der Waals surface area contributed by atoms with Crippen LogP contribution in [0.1, 0.15) is 10.4 Å². The van der Waals surface area contributed by atoms with Crippen LogP contribution in [0.3, 0.4) is 0 Å². The van der Waals surface area contributed by atoms with Crippen molar-refractivity contribution in [3.05, 3.63) is 80.4 Å². The lowest BCUT2D eigenvalue weighted by atomic mass is 10.1. The summed E-state index contributed by atoms with van der Waals surface area (Å²) in [6.45, 7) is 0.953. The number of thiophene rings is 1. The molecule has 0 radical (unpaired) electrons. The summed E-state index contributed by atoms with van der Waals surface area (Å²) in [4.78, 5) is 24.3. The number of halogens is 2. The number of carbonyl (C=O) groups excluding carboxylic acids is 1. The average molecular weight is 514 g/mol. The fraction of sp³-hybridized carbons (Fsp3) is 0.125. The summed E-state index contributed by atoms with van der Waals surface area (Å²) in [6, 6.07) is 16.9. The Hall–Kier alpha value is -2.55. The number of thiazole rings is 1. The maximum Gasteiger partial charge on any atom is 0.280 e. The Kier molecular flexibility index (Phi) is 6.32. The maximum atomic E-state index is 13.5. The molecule has 166 valence electrons. The SMILES string of the molecule is COCCn1c(=NC(=O)c2cc(-c3cccs3)nc3ccccc23)sc2cc(Cl)cc(Cl)c21. The average Bonchev–Trinajstić information content (AvgIpc) is 3.45. The third kappa shape index (κ3) is 4.35. The van der Waals surface area contributed by atoms with E-state index in [1.807, 2.05) is 58.5 Å². The normalized spacial score (nSPS) is 12.2. The first-order valence-electron chi connectivity index (χ1n) is 10.0. The van der Waals surface area contributed by atoms with Gasteiger partial charge in [-0.3, -0.25) is 4.79 Å². The Morgan fingerprint density at radius 3 is 2.79 bits per heavy atom. The highest BCUT2D eigenvalue weighted by Crippen LogP contribution is 2.31. The molecule has 5 rings (SSSR count). The summed E-state index contributed by atoms with van der Waals surface area (Å²) < 4.78 is 8.03. The van der Waals surface area contributed by atoms with Crippen LogP contribution in [0.2, 0.25) is 10.0 Å². The van der Waals surface area contributed by atoms with E-state index in [2.05, 4.69) is 4.99 Å². The number of nitrogens with zero attached hydrogens (tertiary/aromatic N) is 3. The Balaban J connectivity index is 1.71. The summed E-state index contributed by atoms with van der Waals surface area (Å²) in [5.41, 5.74) is 2.79. The number of benzene rings is 2. The van der Waals surface area contributed by atoms with E-state index in [4.69, 9.17) is 32.9 Å². The van der Waals surface area contributed by atoms with E-state index in [0.717, 1.165) is 31.7 Å². The Labute approximate surface area is 207 Å². The van der Waals surface area contributed by atoms with Gasteiger partial charge < -0.3 is 9.30 Å². The molecule has 0 saturated carbocycles. The summed E-state index contributed by atoms with van der Waals surface area (Å²) in [7, 11) is 1.63. The van der Waals surface area contributed by atoms with Crippen molar-refractivity contribution in [3.63, 3.8) is 0 Å². The van der Waals surface area contributed by atoms with Gasteiger partial charge in [0.25, 0.3) is 5.91 Å². The van der Waals surface area contributed by atoms with Gasteiger partial charge in [-0.25, -0.2) is 4.98 Å². The number of hydrogen-bond donors (Lipinski definition) is 0. The molecule has 9 heteroatoms. The number of ether oxygens (including phenoxy) is 1. The van der Waals surface area contributed by atoms with E-state index in [1.54, 1.807) is 24.5 Å². The minimum absolute atomic E-state index is 0.341. The molecule has 0 bridgehead atoms. The van der Waals surface area contributed by atoms with Gasteiger partial charge in [-0.05, 0) is 35.7 Å². The van der Waals surface area contributed by atoms with Gasteiger partial charge in [-0.15, -0.1) is 11.3 Å². The van der Waals surface area contributed by atoms with Crippen LogP contribution < -0.4 is 4.80 Å². The molecule has 0 atom stereocenters. The molecular formula is C24H17Cl2N3O2S2. The van der Waals surface area contributed by atoms with Gasteiger partial charge in [0.15, 0.2) is 4.80 Å². The third-order valence-electron chi connectivity index (χ3n) is 5.13. The lowest BCUT2D eigenvalue weighted by Crippen LogP contribution is -2.19. The number of hydrogen-bond acceptors (Lipinski definition) is 5. The number of amides is 1. The molecular weight excluding hydrogens is 497 g/mol. The van der Waals surface area contributed by atoms with E-state index >= 15 is 0 Å². The van der Waals surface area contributed by atoms with Crippen LogP contribution >= 0.6 is 45.9 Å². The van der Waals surface area contributed by atoms with E-state index < -0.39 is 0 Å². The predicted molar refractivity (Wildman–Crippen MR) is 137 cm³/mol. The molecule has 0 N–H and O–H groups in total. The maximum absolute atomic E-state index is 13.5. The molecule has 0 saturated heterocycles. The highest BCUT2D eigenvalue weighted by atomic mass is 35.5. The number of methoxy groups -OCH3 is 1. The van der Waals surface area contributed by atoms with Crippen LogP contribution in [-0.4, -0.2) is 29.2 Å². The van der Waals surface area contributed by atoms with Crippen molar-refractivity contribution in [2.45, 2.75) is 6.54 Å². The van der Waals surface area contributed by atoms with Crippen LogP contribution in [0.25, 0.3) is 31.7 Å². The van der Waals surface area contributed by atoms with Gasteiger partial charge >= 0.3 is 0 Å². The van der Waals surface area contributed by atoms with Crippen molar-refractivity contribution in [1.29, 1.82) is 0 Å². The van der Waals surface area contributed by atoms with Gasteiger partial charge in [0.1, 0.15) is 0 Å². The van der Waals surface area contributed by atoms with E-state index in [0.29, 0.717) is 33.6 Å². The quantitative estimate of drug-likeness (QED) is 0.263. The molecule has 3 aromatic heterocycles. The minimum atomic E-state index is -0.341. The first-order valence-corrected chi connectivity index (χ1v) is 12.5. The molecule has 0 fully saturated rings. The van der Waals surface area contributed by atoms with Crippen molar-refractivity contribution in [2.75, 3.05) is 13.7 Å². The third-order valence-corrected chi connectivity index (χ3v) is 7.56. The van der Waals surface area contributed by atoms with E-state index in [1.165, 1.54) is 11.3 Å². The van der Waals surface area contributed by atoms with Gasteiger partial charge in [0.2, 0.25) is 0 Å². The lowest BCUT2D eigenvalue weighted by molar-refractivity contribution is 0.0999. The lowest BCUT2D eigenvalue weighted by Gasteiger charge is -2.07. The van der Waals surface area contributed by atoms with Gasteiger partial charge in [0, 0.05) is 24.1 Å². The molecule has 0 aliphatic heterocycles. The topological polar surface area (TPSA) is 56.5 Å². The van der Waals surface area contributed by atoms with Gasteiger partial charge in [0.05, 0.1) is 43.5 Å². The Bertz CT molecular complexity index is 1560. The zero-order valence-electron chi connectivity index (χ0n) is 17.4. The molecule has 0 spiro atoms. The molecule has 5 nitrogen and oxygen atoms in total. The molecule has 3 heterocycles. The van der Waals surface area contributed by atoms with Gasteiger partial charge in [-0.2, -0.15) is 4.99 Å². The zero-order valence-corrected chi connectivity index (χ0v) is 20.6. The van der Waals surface area contributed by atoms with Crippen LogP contribution in [0, 0.1) is 0 Å². The number of carbonyl (C=O) groups is 1. The van der Waals surface area contributed by atoms with Crippen LogP contribution in [0.15, 0.2) is 65.0 Å². The summed E-state index contributed by atoms with van der Waals surface area (Å²) in [6.07, 6.45) is 0. The first kappa shape index (κ1) is 22.3. The number of aromatic nitrogens is 2. The molecule has 5 aromatic rings. The number of pyridine rings is 1. The fourth-order valence-corrected chi connectivity index (χ4v) is 6.18. The van der Waals surface area contributed by atoms with Crippen molar-refractivity contribution in [1.82, 2.24) is 9.55 Å². The van der Waals surface area contributed by atoms with E-state index in [9.17, 15) is 4.79 Å². The second kappa shape index (κ2) is 9.37. The Morgan fingerprint density at radius 2 is 2.00 bits per heavy atom. The Morgan fingerprint density at radius 1 is 1.15 bits per heavy atom. The zero-order chi connectivity index (χ0) is 22.9. The summed E-state index contributed by atoms with van der Waals surface area (Å²) in [5, 5.41) is 3.79.